The van der Waals surface area contributed by atoms with E-state index < -0.39 is 0 Å². The second-order valence-electron chi connectivity index (χ2n) is 11.0. The smallest absolute Gasteiger partial charge is 0.306 e. The summed E-state index contributed by atoms with van der Waals surface area (Å²) in [5, 5.41) is 8.23. The van der Waals surface area contributed by atoms with Gasteiger partial charge in [0.25, 0.3) is 0 Å². The molecule has 32 heavy (non-hydrogen) atoms. The third-order valence-electron chi connectivity index (χ3n) is 7.10. The lowest BCUT2D eigenvalue weighted by molar-refractivity contribution is -0.141. The van der Waals surface area contributed by atoms with Crippen molar-refractivity contribution in [1.29, 1.82) is 0 Å². The first kappa shape index (κ1) is 23.0. The Morgan fingerprint density at radius 3 is 2.53 bits per heavy atom. The van der Waals surface area contributed by atoms with Crippen LogP contribution >= 0.6 is 0 Å². The summed E-state index contributed by atoms with van der Waals surface area (Å²) in [4.78, 5) is 14.9. The summed E-state index contributed by atoms with van der Waals surface area (Å²) >= 11 is 0. The zero-order valence-corrected chi connectivity index (χ0v) is 20.5. The lowest BCUT2D eigenvalue weighted by Crippen LogP contribution is -2.58. The van der Waals surface area contributed by atoms with E-state index in [1.165, 1.54) is 24.7 Å². The highest BCUT2D eigenvalue weighted by Gasteiger charge is 2.45. The predicted octanol–water partition coefficient (Wildman–Crippen LogP) is 3.73. The molecule has 0 saturated carbocycles. The fourth-order valence-corrected chi connectivity index (χ4v) is 5.30. The standard InChI is InChI=1S/C26H38N4O2/c1-18-9-19(2)30(28-18)23-11-20(10-22(13-23)25(3,4)5)21(12-24(31)32-6)14-29-16-26(17-29)7-8-27-15-26/h9-11,13,21,27H,7-8,12,14-17H2,1-6H3/t21-/m1/s1. The molecule has 2 aromatic rings. The Kier molecular flexibility index (Phi) is 6.21. The summed E-state index contributed by atoms with van der Waals surface area (Å²) in [5.41, 5.74) is 6.07. The van der Waals surface area contributed by atoms with E-state index in [9.17, 15) is 4.79 Å². The van der Waals surface area contributed by atoms with Crippen molar-refractivity contribution in [3.05, 3.63) is 46.8 Å². The Balaban J connectivity index is 1.67. The molecular weight excluding hydrogens is 400 g/mol. The van der Waals surface area contributed by atoms with Crippen LogP contribution in [0, 0.1) is 19.3 Å². The van der Waals surface area contributed by atoms with Gasteiger partial charge in [-0.1, -0.05) is 26.8 Å². The molecule has 2 aliphatic heterocycles. The largest absolute Gasteiger partial charge is 0.469 e. The van der Waals surface area contributed by atoms with Crippen molar-refractivity contribution in [2.24, 2.45) is 5.41 Å². The minimum atomic E-state index is -0.151. The molecule has 2 aliphatic rings. The van der Waals surface area contributed by atoms with Gasteiger partial charge in [-0.2, -0.15) is 5.10 Å². The first-order valence-electron chi connectivity index (χ1n) is 11.8. The summed E-state index contributed by atoms with van der Waals surface area (Å²) in [7, 11) is 1.48. The zero-order chi connectivity index (χ0) is 23.1. The first-order valence-corrected chi connectivity index (χ1v) is 11.8. The van der Waals surface area contributed by atoms with Crippen LogP contribution in [0.2, 0.25) is 0 Å². The van der Waals surface area contributed by atoms with Gasteiger partial charge >= 0.3 is 5.97 Å². The van der Waals surface area contributed by atoms with E-state index in [2.05, 4.69) is 62.2 Å². The topological polar surface area (TPSA) is 59.4 Å². The van der Waals surface area contributed by atoms with E-state index in [1.807, 2.05) is 11.6 Å². The van der Waals surface area contributed by atoms with Crippen LogP contribution < -0.4 is 5.32 Å². The molecular formula is C26H38N4O2. The highest BCUT2D eigenvalue weighted by molar-refractivity contribution is 5.70. The number of ether oxygens (including phenoxy) is 1. The van der Waals surface area contributed by atoms with Crippen molar-refractivity contribution in [2.75, 3.05) is 39.8 Å². The molecule has 1 aromatic heterocycles. The molecule has 1 atom stereocenters. The number of aryl methyl sites for hydroxylation is 2. The number of benzene rings is 1. The monoisotopic (exact) mass is 438 g/mol. The number of aromatic nitrogens is 2. The van der Waals surface area contributed by atoms with Crippen LogP contribution in [0.15, 0.2) is 24.3 Å². The molecule has 0 radical (unpaired) electrons. The average Bonchev–Trinajstić information content (AvgIpc) is 3.32. The summed E-state index contributed by atoms with van der Waals surface area (Å²) < 4.78 is 7.10. The van der Waals surface area contributed by atoms with Crippen LogP contribution in [0.4, 0.5) is 0 Å². The molecule has 0 bridgehead atoms. The molecule has 2 saturated heterocycles. The molecule has 1 N–H and O–H groups in total. The summed E-state index contributed by atoms with van der Waals surface area (Å²) in [6, 6.07) is 8.84. The van der Waals surface area contributed by atoms with Gasteiger partial charge < -0.3 is 15.0 Å². The molecule has 6 nitrogen and oxygen atoms in total. The normalized spacial score (nSPS) is 19.2. The number of rotatable bonds is 6. The Bertz CT molecular complexity index is 974. The molecule has 4 rings (SSSR count). The number of hydrogen-bond donors (Lipinski definition) is 1. The number of nitrogens with zero attached hydrogens (tertiary/aromatic N) is 3. The molecule has 0 amide bonds. The van der Waals surface area contributed by atoms with E-state index in [-0.39, 0.29) is 17.3 Å². The van der Waals surface area contributed by atoms with Gasteiger partial charge in [-0.05, 0) is 61.6 Å². The molecule has 3 heterocycles. The Morgan fingerprint density at radius 2 is 1.97 bits per heavy atom. The number of nitrogens with one attached hydrogen (secondary N) is 1. The van der Waals surface area contributed by atoms with Crippen LogP contribution in [-0.4, -0.2) is 60.5 Å². The van der Waals surface area contributed by atoms with Crippen LogP contribution in [0.1, 0.15) is 62.0 Å². The average molecular weight is 439 g/mol. The maximum Gasteiger partial charge on any atom is 0.306 e. The van der Waals surface area contributed by atoms with Gasteiger partial charge in [0, 0.05) is 43.2 Å². The fourth-order valence-electron chi connectivity index (χ4n) is 5.30. The van der Waals surface area contributed by atoms with Crippen LogP contribution in [-0.2, 0) is 14.9 Å². The van der Waals surface area contributed by atoms with Gasteiger partial charge in [-0.25, -0.2) is 4.68 Å². The number of methoxy groups -OCH3 is 1. The Labute approximate surface area is 192 Å². The second kappa shape index (κ2) is 8.64. The SMILES string of the molecule is COC(=O)C[C@H](CN1CC2(CCNC2)C1)c1cc(-n2nc(C)cc2C)cc(C(C)(C)C)c1. The lowest BCUT2D eigenvalue weighted by atomic mass is 9.77. The van der Waals surface area contributed by atoms with Crippen LogP contribution in [0.3, 0.4) is 0 Å². The van der Waals surface area contributed by atoms with Crippen LogP contribution in [0.25, 0.3) is 5.69 Å². The van der Waals surface area contributed by atoms with Crippen molar-refractivity contribution in [1.82, 2.24) is 20.0 Å². The number of esters is 1. The van der Waals surface area contributed by atoms with Gasteiger partial charge in [-0.3, -0.25) is 4.79 Å². The van der Waals surface area contributed by atoms with Gasteiger partial charge in [0.2, 0.25) is 0 Å². The third kappa shape index (κ3) is 4.76. The molecule has 6 heteroatoms. The molecule has 174 valence electrons. The third-order valence-corrected chi connectivity index (χ3v) is 7.10. The Morgan fingerprint density at radius 1 is 1.22 bits per heavy atom. The highest BCUT2D eigenvalue weighted by Crippen LogP contribution is 2.38. The van der Waals surface area contributed by atoms with Gasteiger partial charge in [-0.15, -0.1) is 0 Å². The molecule has 2 fully saturated rings. The lowest BCUT2D eigenvalue weighted by Gasteiger charge is -2.49. The Hall–Kier alpha value is -2.18. The van der Waals surface area contributed by atoms with Gasteiger partial charge in [0.05, 0.1) is 24.9 Å². The van der Waals surface area contributed by atoms with Crippen molar-refractivity contribution in [3.63, 3.8) is 0 Å². The maximum absolute atomic E-state index is 12.4. The van der Waals surface area contributed by atoms with Crippen LogP contribution in [0.5, 0.6) is 0 Å². The second-order valence-corrected chi connectivity index (χ2v) is 11.0. The van der Waals surface area contributed by atoms with Gasteiger partial charge in [0.15, 0.2) is 0 Å². The van der Waals surface area contributed by atoms with Crippen molar-refractivity contribution in [2.45, 2.75) is 58.8 Å². The quantitative estimate of drug-likeness (QED) is 0.697. The van der Waals surface area contributed by atoms with Gasteiger partial charge in [0.1, 0.15) is 0 Å². The number of carbonyl (C=O) groups excluding carboxylic acids is 1. The minimum Gasteiger partial charge on any atom is -0.469 e. The van der Waals surface area contributed by atoms with E-state index in [1.54, 1.807) is 0 Å². The van der Waals surface area contributed by atoms with Crippen molar-refractivity contribution >= 4 is 5.97 Å². The summed E-state index contributed by atoms with van der Waals surface area (Å²) in [6.07, 6.45) is 1.65. The number of carbonyl (C=O) groups is 1. The van der Waals surface area contributed by atoms with E-state index in [0.717, 1.165) is 49.8 Å². The first-order chi connectivity index (χ1) is 15.1. The maximum atomic E-state index is 12.4. The summed E-state index contributed by atoms with van der Waals surface area (Å²) in [5.74, 6) is -0.0613. The minimum absolute atomic E-state index is 0.00694. The fraction of sp³-hybridized carbons (Fsp3) is 0.615. The molecule has 1 aromatic carbocycles. The highest BCUT2D eigenvalue weighted by atomic mass is 16.5. The van der Waals surface area contributed by atoms with Crippen molar-refractivity contribution in [3.8, 4) is 5.69 Å². The molecule has 0 aliphatic carbocycles. The summed E-state index contributed by atoms with van der Waals surface area (Å²) in [6.45, 7) is 16.2. The molecule has 0 unspecified atom stereocenters. The number of hydrogen-bond acceptors (Lipinski definition) is 5. The number of likely N-dealkylation sites (tertiary alicyclic amines) is 1. The molecule has 1 spiro atoms. The predicted molar refractivity (Wildman–Crippen MR) is 127 cm³/mol. The van der Waals surface area contributed by atoms with E-state index >= 15 is 0 Å². The zero-order valence-electron chi connectivity index (χ0n) is 20.5. The van der Waals surface area contributed by atoms with E-state index in [4.69, 9.17) is 9.84 Å². The van der Waals surface area contributed by atoms with E-state index in [0.29, 0.717) is 11.8 Å². The van der Waals surface area contributed by atoms with Crippen molar-refractivity contribution < 1.29 is 9.53 Å².